The normalized spacial score (nSPS) is 15.1. The second-order valence-electron chi connectivity index (χ2n) is 10.3. The van der Waals surface area contributed by atoms with Crippen molar-refractivity contribution in [3.05, 3.63) is 156 Å². The lowest BCUT2D eigenvalue weighted by atomic mass is 9.97. The molecular weight excluding hydrogens is 518 g/mol. The zero-order chi connectivity index (χ0) is 27.2. The van der Waals surface area contributed by atoms with Gasteiger partial charge in [-0.3, -0.25) is 4.99 Å². The van der Waals surface area contributed by atoms with Crippen molar-refractivity contribution in [3.8, 4) is 10.6 Å². The highest BCUT2D eigenvalue weighted by Crippen LogP contribution is 2.42. The molecule has 0 amide bonds. The zero-order valence-corrected chi connectivity index (χ0v) is 23.0. The van der Waals surface area contributed by atoms with Gasteiger partial charge in [-0.1, -0.05) is 127 Å². The Balaban J connectivity index is 1.39. The third-order valence-electron chi connectivity index (χ3n) is 7.71. The summed E-state index contributed by atoms with van der Waals surface area (Å²) in [6.45, 7) is 0. The summed E-state index contributed by atoms with van der Waals surface area (Å²) in [5, 5.41) is 9.61. The molecule has 8 rings (SSSR count). The van der Waals surface area contributed by atoms with Gasteiger partial charge in [0.2, 0.25) is 0 Å². The number of aliphatic imine (C=N–C) groups is 1. The van der Waals surface area contributed by atoms with Crippen LogP contribution in [0.4, 0.5) is 0 Å². The average molecular weight is 544 g/mol. The summed E-state index contributed by atoms with van der Waals surface area (Å²) in [5.41, 5.74) is 7.56. The van der Waals surface area contributed by atoms with Crippen LogP contribution in [0.3, 0.4) is 0 Å². The van der Waals surface area contributed by atoms with Gasteiger partial charge in [-0.15, -0.1) is 11.3 Å². The van der Waals surface area contributed by atoms with Gasteiger partial charge in [-0.05, 0) is 39.4 Å². The van der Waals surface area contributed by atoms with E-state index in [4.69, 9.17) is 9.98 Å². The Labute approximate surface area is 242 Å². The summed E-state index contributed by atoms with van der Waals surface area (Å²) >= 11 is 1.75. The molecule has 1 N–H and O–H groups in total. The maximum atomic E-state index is 5.31. The van der Waals surface area contributed by atoms with Crippen molar-refractivity contribution in [2.24, 2.45) is 4.99 Å². The van der Waals surface area contributed by atoms with Crippen molar-refractivity contribution in [1.29, 1.82) is 0 Å². The third kappa shape index (κ3) is 4.21. The number of benzene rings is 6. The second kappa shape index (κ2) is 9.84. The standard InChI is InChI=1S/C37H25N3S/c1-4-13-25(14-5-1)31-23-32(26-15-6-2-7-16-26)39-36(38-31)30-22-28-21-20-24-12-10-11-19-29(24)33(28)34-35(30)41-37(40-34)27-17-8-3-9-18-27/h1-23,36,38H. The van der Waals surface area contributed by atoms with Gasteiger partial charge in [0.15, 0.2) is 0 Å². The fraction of sp³-hybridized carbons (Fsp3) is 0.0270. The van der Waals surface area contributed by atoms with Gasteiger partial charge in [0.25, 0.3) is 0 Å². The lowest BCUT2D eigenvalue weighted by Crippen LogP contribution is -2.25. The van der Waals surface area contributed by atoms with Gasteiger partial charge in [0.05, 0.1) is 15.9 Å². The Bertz CT molecular complexity index is 2110. The minimum Gasteiger partial charge on any atom is -0.359 e. The molecule has 0 bridgehead atoms. The minimum absolute atomic E-state index is 0.271. The summed E-state index contributed by atoms with van der Waals surface area (Å²) in [7, 11) is 0. The molecule has 0 spiro atoms. The first-order valence-electron chi connectivity index (χ1n) is 13.8. The van der Waals surface area contributed by atoms with Crippen LogP contribution in [0.15, 0.2) is 145 Å². The van der Waals surface area contributed by atoms with Crippen LogP contribution in [0.25, 0.3) is 48.0 Å². The van der Waals surface area contributed by atoms with Gasteiger partial charge >= 0.3 is 0 Å². The number of allylic oxidation sites excluding steroid dienone is 1. The summed E-state index contributed by atoms with van der Waals surface area (Å²) < 4.78 is 1.16. The maximum absolute atomic E-state index is 5.31. The smallest absolute Gasteiger partial charge is 0.146 e. The fourth-order valence-electron chi connectivity index (χ4n) is 5.73. The molecule has 1 aromatic heterocycles. The molecule has 0 fully saturated rings. The Morgan fingerprint density at radius 3 is 2.00 bits per heavy atom. The molecule has 7 aromatic rings. The van der Waals surface area contributed by atoms with Crippen molar-refractivity contribution in [3.63, 3.8) is 0 Å². The predicted molar refractivity (Wildman–Crippen MR) is 173 cm³/mol. The van der Waals surface area contributed by atoms with Crippen LogP contribution in [-0.4, -0.2) is 10.7 Å². The molecule has 1 aliphatic rings. The first kappa shape index (κ1) is 23.8. The molecule has 0 saturated heterocycles. The number of hydrogen-bond donors (Lipinski definition) is 1. The summed E-state index contributed by atoms with van der Waals surface area (Å²) in [4.78, 5) is 10.6. The fourth-order valence-corrected chi connectivity index (χ4v) is 6.85. The van der Waals surface area contributed by atoms with E-state index in [1.807, 2.05) is 12.1 Å². The Morgan fingerprint density at radius 2 is 1.24 bits per heavy atom. The molecule has 1 unspecified atom stereocenters. The first-order chi connectivity index (χ1) is 20.3. The molecule has 2 heterocycles. The molecule has 4 heteroatoms. The van der Waals surface area contributed by atoms with E-state index >= 15 is 0 Å². The Morgan fingerprint density at radius 1 is 0.610 bits per heavy atom. The number of hydrogen-bond acceptors (Lipinski definition) is 4. The molecule has 0 aliphatic carbocycles. The second-order valence-corrected chi connectivity index (χ2v) is 11.3. The van der Waals surface area contributed by atoms with Crippen LogP contribution in [-0.2, 0) is 0 Å². The number of aromatic nitrogens is 1. The highest BCUT2D eigenvalue weighted by molar-refractivity contribution is 7.22. The molecule has 3 nitrogen and oxygen atoms in total. The van der Waals surface area contributed by atoms with E-state index in [9.17, 15) is 0 Å². The van der Waals surface area contributed by atoms with Crippen molar-refractivity contribution < 1.29 is 0 Å². The molecule has 1 aliphatic heterocycles. The maximum Gasteiger partial charge on any atom is 0.146 e. The molecule has 0 radical (unpaired) electrons. The summed E-state index contributed by atoms with van der Waals surface area (Å²) in [6, 6.07) is 46.8. The number of rotatable bonds is 4. The van der Waals surface area contributed by atoms with E-state index in [2.05, 4.69) is 133 Å². The third-order valence-corrected chi connectivity index (χ3v) is 8.86. The lowest BCUT2D eigenvalue weighted by Gasteiger charge is -2.25. The predicted octanol–water partition coefficient (Wildman–Crippen LogP) is 9.40. The number of nitrogens with zero attached hydrogens (tertiary/aromatic N) is 2. The van der Waals surface area contributed by atoms with Gasteiger partial charge in [0.1, 0.15) is 11.2 Å². The van der Waals surface area contributed by atoms with Gasteiger partial charge < -0.3 is 5.32 Å². The van der Waals surface area contributed by atoms with E-state index in [1.54, 1.807) is 11.3 Å². The molecule has 1 atom stereocenters. The van der Waals surface area contributed by atoms with Crippen LogP contribution >= 0.6 is 11.3 Å². The van der Waals surface area contributed by atoms with Crippen LogP contribution in [0.5, 0.6) is 0 Å². The number of thiazole rings is 1. The van der Waals surface area contributed by atoms with Crippen LogP contribution in [0.2, 0.25) is 0 Å². The van der Waals surface area contributed by atoms with Crippen LogP contribution in [0.1, 0.15) is 22.9 Å². The van der Waals surface area contributed by atoms with Crippen molar-refractivity contribution >= 4 is 54.5 Å². The Hall–Kier alpha value is -5.06. The molecular formula is C37H25N3S. The highest BCUT2D eigenvalue weighted by Gasteiger charge is 2.24. The SMILES string of the molecule is C1=C(c2ccccc2)NC(c2cc3ccc4ccccc4c3c3nc(-c4ccccc4)sc23)N=C1c1ccccc1. The molecule has 6 aromatic carbocycles. The topological polar surface area (TPSA) is 37.3 Å². The van der Waals surface area contributed by atoms with E-state index in [-0.39, 0.29) is 6.17 Å². The van der Waals surface area contributed by atoms with Crippen LogP contribution in [0, 0.1) is 0 Å². The van der Waals surface area contributed by atoms with E-state index < -0.39 is 0 Å². The van der Waals surface area contributed by atoms with Gasteiger partial charge in [-0.25, -0.2) is 4.98 Å². The summed E-state index contributed by atoms with van der Waals surface area (Å²) in [6.07, 6.45) is 1.89. The van der Waals surface area contributed by atoms with E-state index in [1.165, 1.54) is 21.5 Å². The number of nitrogens with one attached hydrogen (secondary N) is 1. The number of fused-ring (bicyclic) bond motifs is 5. The van der Waals surface area contributed by atoms with Gasteiger partial charge in [-0.2, -0.15) is 0 Å². The summed E-state index contributed by atoms with van der Waals surface area (Å²) in [5.74, 6) is 0. The quantitative estimate of drug-likeness (QED) is 0.225. The molecule has 0 saturated carbocycles. The van der Waals surface area contributed by atoms with E-state index in [0.717, 1.165) is 48.9 Å². The monoisotopic (exact) mass is 543 g/mol. The van der Waals surface area contributed by atoms with Crippen molar-refractivity contribution in [2.45, 2.75) is 6.17 Å². The molecule has 194 valence electrons. The highest BCUT2D eigenvalue weighted by atomic mass is 32.1. The van der Waals surface area contributed by atoms with Gasteiger partial charge in [0, 0.05) is 22.2 Å². The van der Waals surface area contributed by atoms with Crippen molar-refractivity contribution in [1.82, 2.24) is 10.3 Å². The van der Waals surface area contributed by atoms with E-state index in [0.29, 0.717) is 0 Å². The largest absolute Gasteiger partial charge is 0.359 e. The Kier molecular flexibility index (Phi) is 5.71. The molecule has 41 heavy (non-hydrogen) atoms. The lowest BCUT2D eigenvalue weighted by molar-refractivity contribution is 0.670. The minimum atomic E-state index is -0.271. The van der Waals surface area contributed by atoms with Crippen molar-refractivity contribution in [2.75, 3.05) is 0 Å². The first-order valence-corrected chi connectivity index (χ1v) is 14.6. The zero-order valence-electron chi connectivity index (χ0n) is 22.2. The van der Waals surface area contributed by atoms with Crippen LogP contribution < -0.4 is 5.32 Å². The average Bonchev–Trinajstić information content (AvgIpc) is 3.51.